The summed E-state index contributed by atoms with van der Waals surface area (Å²) in [6.45, 7) is 4.12. The van der Waals surface area contributed by atoms with Crippen molar-refractivity contribution < 1.29 is 0 Å². The van der Waals surface area contributed by atoms with Crippen LogP contribution in [0.15, 0.2) is 43.0 Å². The van der Waals surface area contributed by atoms with Crippen LogP contribution in [0.2, 0.25) is 0 Å². The number of aromatic nitrogens is 6. The molecule has 160 valence electrons. The molecule has 4 aromatic rings. The van der Waals surface area contributed by atoms with Crippen molar-refractivity contribution in [1.82, 2.24) is 29.4 Å². The molecule has 0 bridgehead atoms. The highest BCUT2D eigenvalue weighted by Crippen LogP contribution is 2.44. The molecular weight excluding hydrogens is 410 g/mol. The summed E-state index contributed by atoms with van der Waals surface area (Å²) in [5.74, 6) is 1.03. The van der Waals surface area contributed by atoms with Gasteiger partial charge in [-0.2, -0.15) is 10.2 Å². The monoisotopic (exact) mass is 435 g/mol. The van der Waals surface area contributed by atoms with Crippen molar-refractivity contribution in [2.45, 2.75) is 32.6 Å². The van der Waals surface area contributed by atoms with Gasteiger partial charge in [0.2, 0.25) is 0 Å². The van der Waals surface area contributed by atoms with Gasteiger partial charge in [-0.05, 0) is 55.7 Å². The Morgan fingerprint density at radius 1 is 0.968 bits per heavy atom. The van der Waals surface area contributed by atoms with E-state index in [1.54, 1.807) is 0 Å². The van der Waals surface area contributed by atoms with Crippen molar-refractivity contribution in [1.29, 1.82) is 0 Å². The number of rotatable bonds is 2. The minimum absolute atomic E-state index is 0. The molecule has 0 amide bonds. The first-order valence-electron chi connectivity index (χ1n) is 10.6. The van der Waals surface area contributed by atoms with E-state index in [-0.39, 0.29) is 12.4 Å². The lowest BCUT2D eigenvalue weighted by Gasteiger charge is -2.40. The van der Waals surface area contributed by atoms with Gasteiger partial charge in [0.15, 0.2) is 5.82 Å². The Morgan fingerprint density at radius 2 is 1.81 bits per heavy atom. The average molecular weight is 436 g/mol. The Bertz CT molecular complexity index is 1220. The number of pyridine rings is 1. The van der Waals surface area contributed by atoms with E-state index in [1.807, 2.05) is 41.0 Å². The molecule has 7 nitrogen and oxygen atoms in total. The highest BCUT2D eigenvalue weighted by Gasteiger charge is 2.40. The molecule has 8 heteroatoms. The smallest absolute Gasteiger partial charge is 0.154 e. The van der Waals surface area contributed by atoms with E-state index in [0.29, 0.717) is 5.41 Å². The molecule has 0 unspecified atom stereocenters. The number of hydrogen-bond acceptors (Lipinski definition) is 5. The number of fused-ring (bicyclic) bond motifs is 2. The van der Waals surface area contributed by atoms with Crippen molar-refractivity contribution in [2.75, 3.05) is 18.0 Å². The van der Waals surface area contributed by atoms with Crippen molar-refractivity contribution in [3.63, 3.8) is 0 Å². The van der Waals surface area contributed by atoms with Crippen LogP contribution in [0.4, 0.5) is 5.82 Å². The molecule has 2 aliphatic rings. The standard InChI is InChI=1S/C23H25N7.ClH/c1-16-18(14-27-28(16)2)21-15-25-22(20-5-9-26-30(20)21)29-10-6-23(7-11-29)12-17-4-3-8-24-19(17)13-23;/h3-5,8-9,14-15H,6-7,10-13H2,1-2H3;1H. The van der Waals surface area contributed by atoms with Crippen LogP contribution in [-0.4, -0.2) is 42.5 Å². The van der Waals surface area contributed by atoms with Gasteiger partial charge in [-0.25, -0.2) is 9.50 Å². The predicted molar refractivity (Wildman–Crippen MR) is 123 cm³/mol. The lowest BCUT2D eigenvalue weighted by atomic mass is 9.76. The van der Waals surface area contributed by atoms with Crippen LogP contribution in [0.5, 0.6) is 0 Å². The molecule has 31 heavy (non-hydrogen) atoms. The fourth-order valence-corrected chi connectivity index (χ4v) is 5.24. The van der Waals surface area contributed by atoms with E-state index in [9.17, 15) is 0 Å². The van der Waals surface area contributed by atoms with Crippen LogP contribution in [0.3, 0.4) is 0 Å². The second-order valence-corrected chi connectivity index (χ2v) is 8.81. The minimum Gasteiger partial charge on any atom is -0.355 e. The highest BCUT2D eigenvalue weighted by molar-refractivity contribution is 5.85. The van der Waals surface area contributed by atoms with E-state index < -0.39 is 0 Å². The molecule has 5 heterocycles. The molecule has 1 aliphatic carbocycles. The zero-order valence-electron chi connectivity index (χ0n) is 17.8. The van der Waals surface area contributed by atoms with Gasteiger partial charge in [-0.15, -0.1) is 12.4 Å². The molecule has 0 radical (unpaired) electrons. The summed E-state index contributed by atoms with van der Waals surface area (Å²) in [4.78, 5) is 12.0. The molecule has 4 aromatic heterocycles. The van der Waals surface area contributed by atoms with Crippen LogP contribution < -0.4 is 4.90 Å². The molecule has 6 rings (SSSR count). The molecule has 1 saturated heterocycles. The fourth-order valence-electron chi connectivity index (χ4n) is 5.24. The molecule has 1 fully saturated rings. The number of halogens is 1. The van der Waals surface area contributed by atoms with Crippen LogP contribution in [0, 0.1) is 12.3 Å². The maximum Gasteiger partial charge on any atom is 0.154 e. The van der Waals surface area contributed by atoms with Gasteiger partial charge in [-0.1, -0.05) is 6.07 Å². The first-order valence-corrected chi connectivity index (χ1v) is 10.6. The minimum atomic E-state index is 0. The SMILES string of the molecule is Cc1c(-c2cnc(N3CCC4(CC3)Cc3cccnc3C4)c3ccnn23)cnn1C.Cl. The molecule has 0 N–H and O–H groups in total. The zero-order chi connectivity index (χ0) is 20.3. The number of piperidine rings is 1. The van der Waals surface area contributed by atoms with Crippen LogP contribution in [0.1, 0.15) is 29.8 Å². The second-order valence-electron chi connectivity index (χ2n) is 8.81. The molecule has 1 aliphatic heterocycles. The highest BCUT2D eigenvalue weighted by atomic mass is 35.5. The normalized spacial score (nSPS) is 17.2. The molecule has 0 atom stereocenters. The summed E-state index contributed by atoms with van der Waals surface area (Å²) >= 11 is 0. The largest absolute Gasteiger partial charge is 0.355 e. The average Bonchev–Trinajstić information content (AvgIpc) is 3.46. The number of aryl methyl sites for hydroxylation is 1. The summed E-state index contributed by atoms with van der Waals surface area (Å²) in [6.07, 6.45) is 12.3. The first kappa shape index (κ1) is 20.0. The van der Waals surface area contributed by atoms with Crippen LogP contribution >= 0.6 is 12.4 Å². The summed E-state index contributed by atoms with van der Waals surface area (Å²) in [5.41, 5.74) is 7.33. The van der Waals surface area contributed by atoms with E-state index in [1.165, 1.54) is 30.5 Å². The molecule has 1 spiro atoms. The maximum absolute atomic E-state index is 4.90. The van der Waals surface area contributed by atoms with Gasteiger partial charge in [-0.3, -0.25) is 9.67 Å². The zero-order valence-corrected chi connectivity index (χ0v) is 18.6. The van der Waals surface area contributed by atoms with Crippen LogP contribution in [-0.2, 0) is 19.9 Å². The summed E-state index contributed by atoms with van der Waals surface area (Å²) in [5, 5.41) is 8.99. The topological polar surface area (TPSA) is 64.1 Å². The van der Waals surface area contributed by atoms with E-state index in [2.05, 4.69) is 45.2 Å². The van der Waals surface area contributed by atoms with Crippen LogP contribution in [0.25, 0.3) is 16.8 Å². The molecule has 0 aromatic carbocycles. The summed E-state index contributed by atoms with van der Waals surface area (Å²) in [7, 11) is 1.96. The van der Waals surface area contributed by atoms with Gasteiger partial charge in [0.05, 0.1) is 24.3 Å². The van der Waals surface area contributed by atoms with Gasteiger partial charge in [0, 0.05) is 43.3 Å². The quantitative estimate of drug-likeness (QED) is 0.481. The molecule has 0 saturated carbocycles. The Hall–Kier alpha value is -2.93. The summed E-state index contributed by atoms with van der Waals surface area (Å²) in [6, 6.07) is 6.38. The van der Waals surface area contributed by atoms with Gasteiger partial charge < -0.3 is 4.90 Å². The van der Waals surface area contributed by atoms with E-state index in [0.717, 1.165) is 47.8 Å². The number of nitrogens with zero attached hydrogens (tertiary/aromatic N) is 7. The Labute approximate surface area is 187 Å². The third-order valence-corrected chi connectivity index (χ3v) is 7.14. The van der Waals surface area contributed by atoms with Crippen molar-refractivity contribution in [2.24, 2.45) is 12.5 Å². The first-order chi connectivity index (χ1) is 14.6. The predicted octanol–water partition coefficient (Wildman–Crippen LogP) is 3.64. The lowest BCUT2D eigenvalue weighted by molar-refractivity contribution is 0.231. The van der Waals surface area contributed by atoms with Gasteiger partial charge >= 0.3 is 0 Å². The lowest BCUT2D eigenvalue weighted by Crippen LogP contribution is -2.41. The van der Waals surface area contributed by atoms with Crippen molar-refractivity contribution >= 4 is 23.7 Å². The Kier molecular flexibility index (Phi) is 4.73. The maximum atomic E-state index is 4.90. The van der Waals surface area contributed by atoms with E-state index in [4.69, 9.17) is 4.98 Å². The number of hydrogen-bond donors (Lipinski definition) is 0. The summed E-state index contributed by atoms with van der Waals surface area (Å²) < 4.78 is 3.89. The Morgan fingerprint density at radius 3 is 2.55 bits per heavy atom. The van der Waals surface area contributed by atoms with Gasteiger partial charge in [0.1, 0.15) is 5.52 Å². The number of anilines is 1. The third-order valence-electron chi connectivity index (χ3n) is 7.14. The Balaban J connectivity index is 0.00000204. The fraction of sp³-hybridized carbons (Fsp3) is 0.391. The second kappa shape index (κ2) is 7.34. The van der Waals surface area contributed by atoms with Crippen molar-refractivity contribution in [3.05, 3.63) is 59.9 Å². The third kappa shape index (κ3) is 3.10. The molecular formula is C23H26ClN7. The van der Waals surface area contributed by atoms with Gasteiger partial charge in [0.25, 0.3) is 0 Å². The van der Waals surface area contributed by atoms with Crippen molar-refractivity contribution in [3.8, 4) is 11.3 Å². The van der Waals surface area contributed by atoms with E-state index >= 15 is 0 Å².